The van der Waals surface area contributed by atoms with Crippen LogP contribution < -0.4 is 0 Å². The summed E-state index contributed by atoms with van der Waals surface area (Å²) < 4.78 is 2.21. The monoisotopic (exact) mass is 391 g/mol. The highest BCUT2D eigenvalue weighted by atomic mass is 32.2. The summed E-state index contributed by atoms with van der Waals surface area (Å²) in [4.78, 5) is 13.4. The van der Waals surface area contributed by atoms with Crippen molar-refractivity contribution in [3.05, 3.63) is 76.6 Å². The average molecular weight is 392 g/mol. The van der Waals surface area contributed by atoms with Gasteiger partial charge >= 0.3 is 0 Å². The number of fused-ring (bicyclic) bond motifs is 1. The number of ketones is 1. The molecule has 28 heavy (non-hydrogen) atoms. The molecule has 144 valence electrons. The summed E-state index contributed by atoms with van der Waals surface area (Å²) in [6.45, 7) is 5.03. The maximum Gasteiger partial charge on any atom is 0.192 e. The van der Waals surface area contributed by atoms with E-state index in [1.165, 1.54) is 23.7 Å². The van der Waals surface area contributed by atoms with E-state index in [1.807, 2.05) is 31.2 Å². The first-order chi connectivity index (χ1) is 13.6. The lowest BCUT2D eigenvalue weighted by atomic mass is 10.0. The fourth-order valence-electron chi connectivity index (χ4n) is 3.53. The van der Waals surface area contributed by atoms with Crippen molar-refractivity contribution in [1.29, 1.82) is 0 Å². The fraction of sp³-hybridized carbons (Fsp3) is 0.348. The number of Topliss-reactive ketones (excluding diaryl/α,β-unsaturated/α-hetero) is 1. The highest BCUT2D eigenvalue weighted by Crippen LogP contribution is 2.38. The first-order valence-electron chi connectivity index (χ1n) is 9.88. The van der Waals surface area contributed by atoms with Gasteiger partial charge in [-0.05, 0) is 32.3 Å². The molecule has 1 aliphatic rings. The van der Waals surface area contributed by atoms with Crippen LogP contribution in [0.3, 0.4) is 0 Å². The Hall–Kier alpha value is -2.40. The predicted molar refractivity (Wildman–Crippen MR) is 113 cm³/mol. The summed E-state index contributed by atoms with van der Waals surface area (Å²) in [5.74, 6) is 1.16. The Balaban J connectivity index is 1.69. The van der Waals surface area contributed by atoms with Gasteiger partial charge in [-0.1, -0.05) is 77.8 Å². The minimum atomic E-state index is -0.333. The van der Waals surface area contributed by atoms with Crippen molar-refractivity contribution in [2.45, 2.75) is 56.5 Å². The standard InChI is InChI=1S/C23H25N3OS/c1-16-7-11-18(12-8-16)21(27)22(19-13-9-17(2)10-14-19)28-23-25-24-20-6-4-3-5-15-26(20)23/h7-14,22H,3-6,15H2,1-2H3. The van der Waals surface area contributed by atoms with E-state index in [0.29, 0.717) is 0 Å². The molecule has 0 amide bonds. The SMILES string of the molecule is Cc1ccc(C(=O)C(Sc2nnc3n2CCCCC3)c2ccc(C)cc2)cc1. The molecule has 0 N–H and O–H groups in total. The third-order valence-corrected chi connectivity index (χ3v) is 6.49. The molecule has 0 saturated carbocycles. The number of hydrogen-bond acceptors (Lipinski definition) is 4. The van der Waals surface area contributed by atoms with Gasteiger partial charge in [-0.25, -0.2) is 0 Å². The van der Waals surface area contributed by atoms with Crippen LogP contribution in [-0.4, -0.2) is 20.5 Å². The van der Waals surface area contributed by atoms with Crippen LogP contribution in [0.5, 0.6) is 0 Å². The van der Waals surface area contributed by atoms with E-state index in [-0.39, 0.29) is 11.0 Å². The van der Waals surface area contributed by atoms with Gasteiger partial charge in [-0.2, -0.15) is 0 Å². The van der Waals surface area contributed by atoms with Gasteiger partial charge < -0.3 is 4.57 Å². The number of carbonyl (C=O) groups excluding carboxylic acids is 1. The molecular weight excluding hydrogens is 366 g/mol. The van der Waals surface area contributed by atoms with Gasteiger partial charge in [-0.3, -0.25) is 4.79 Å². The summed E-state index contributed by atoms with van der Waals surface area (Å²) >= 11 is 1.53. The molecule has 1 unspecified atom stereocenters. The van der Waals surface area contributed by atoms with Gasteiger partial charge in [0, 0.05) is 18.5 Å². The Bertz CT molecular complexity index is 961. The van der Waals surface area contributed by atoms with Crippen molar-refractivity contribution in [3.8, 4) is 0 Å². The molecule has 1 atom stereocenters. The van der Waals surface area contributed by atoms with Crippen LogP contribution >= 0.6 is 11.8 Å². The molecule has 0 fully saturated rings. The van der Waals surface area contributed by atoms with Crippen LogP contribution in [0, 0.1) is 13.8 Å². The Morgan fingerprint density at radius 1 is 0.929 bits per heavy atom. The number of thioether (sulfide) groups is 1. The van der Waals surface area contributed by atoms with Gasteiger partial charge in [0.1, 0.15) is 11.1 Å². The zero-order valence-electron chi connectivity index (χ0n) is 16.4. The molecule has 2 aromatic carbocycles. The number of aromatic nitrogens is 3. The summed E-state index contributed by atoms with van der Waals surface area (Å²) in [5.41, 5.74) is 4.08. The Labute approximate surface area is 170 Å². The van der Waals surface area contributed by atoms with E-state index in [4.69, 9.17) is 0 Å². The van der Waals surface area contributed by atoms with Crippen molar-refractivity contribution in [1.82, 2.24) is 14.8 Å². The number of aryl methyl sites for hydroxylation is 3. The van der Waals surface area contributed by atoms with Gasteiger partial charge in [0.15, 0.2) is 10.9 Å². The molecule has 2 heterocycles. The predicted octanol–water partition coefficient (Wildman–Crippen LogP) is 5.34. The van der Waals surface area contributed by atoms with Crippen LogP contribution in [0.4, 0.5) is 0 Å². The molecule has 0 saturated heterocycles. The minimum absolute atomic E-state index is 0.111. The Morgan fingerprint density at radius 2 is 1.61 bits per heavy atom. The lowest BCUT2D eigenvalue weighted by molar-refractivity contribution is 0.0989. The van der Waals surface area contributed by atoms with Crippen LogP contribution in [0.25, 0.3) is 0 Å². The Kier molecular flexibility index (Phi) is 5.62. The molecule has 0 spiro atoms. The molecule has 5 heteroatoms. The van der Waals surface area contributed by atoms with Crippen LogP contribution in [-0.2, 0) is 13.0 Å². The normalized spacial score (nSPS) is 14.9. The molecular formula is C23H25N3OS. The quantitative estimate of drug-likeness (QED) is 0.435. The van der Waals surface area contributed by atoms with E-state index >= 15 is 0 Å². The number of hydrogen-bond donors (Lipinski definition) is 0. The third-order valence-electron chi connectivity index (χ3n) is 5.25. The smallest absolute Gasteiger partial charge is 0.192 e. The van der Waals surface area contributed by atoms with E-state index in [2.05, 4.69) is 46.0 Å². The van der Waals surface area contributed by atoms with Crippen molar-refractivity contribution in [2.24, 2.45) is 0 Å². The number of benzene rings is 2. The fourth-order valence-corrected chi connectivity index (χ4v) is 4.69. The van der Waals surface area contributed by atoms with Gasteiger partial charge in [0.25, 0.3) is 0 Å². The number of carbonyl (C=O) groups is 1. The topological polar surface area (TPSA) is 47.8 Å². The minimum Gasteiger partial charge on any atom is -0.306 e. The molecule has 0 radical (unpaired) electrons. The molecule has 0 bridgehead atoms. The second kappa shape index (κ2) is 8.31. The van der Waals surface area contributed by atoms with Crippen molar-refractivity contribution in [2.75, 3.05) is 0 Å². The van der Waals surface area contributed by atoms with E-state index in [1.54, 1.807) is 0 Å². The van der Waals surface area contributed by atoms with E-state index in [0.717, 1.165) is 53.5 Å². The molecule has 3 aromatic rings. The maximum absolute atomic E-state index is 13.4. The summed E-state index contributed by atoms with van der Waals surface area (Å²) in [7, 11) is 0. The highest BCUT2D eigenvalue weighted by molar-refractivity contribution is 8.00. The lowest BCUT2D eigenvalue weighted by Crippen LogP contribution is -2.12. The summed E-state index contributed by atoms with van der Waals surface area (Å²) in [5, 5.41) is 9.35. The van der Waals surface area contributed by atoms with Gasteiger partial charge in [-0.15, -0.1) is 10.2 Å². The van der Waals surface area contributed by atoms with Crippen LogP contribution in [0.2, 0.25) is 0 Å². The first-order valence-corrected chi connectivity index (χ1v) is 10.8. The highest BCUT2D eigenvalue weighted by Gasteiger charge is 2.27. The molecule has 4 nitrogen and oxygen atoms in total. The average Bonchev–Trinajstić information content (AvgIpc) is 2.93. The van der Waals surface area contributed by atoms with Crippen molar-refractivity contribution in [3.63, 3.8) is 0 Å². The largest absolute Gasteiger partial charge is 0.306 e. The van der Waals surface area contributed by atoms with Crippen LogP contribution in [0.15, 0.2) is 53.7 Å². The van der Waals surface area contributed by atoms with Gasteiger partial charge in [0.2, 0.25) is 0 Å². The van der Waals surface area contributed by atoms with Crippen molar-refractivity contribution < 1.29 is 4.79 Å². The molecule has 0 aliphatic carbocycles. The molecule has 4 rings (SSSR count). The second-order valence-electron chi connectivity index (χ2n) is 7.50. The van der Waals surface area contributed by atoms with Gasteiger partial charge in [0.05, 0.1) is 0 Å². The zero-order chi connectivity index (χ0) is 19.5. The van der Waals surface area contributed by atoms with Crippen LogP contribution in [0.1, 0.15) is 57.4 Å². The number of nitrogens with zero attached hydrogens (tertiary/aromatic N) is 3. The molecule has 1 aromatic heterocycles. The first kappa shape index (κ1) is 18.9. The molecule has 1 aliphatic heterocycles. The van der Waals surface area contributed by atoms with Crippen molar-refractivity contribution >= 4 is 17.5 Å². The number of rotatable bonds is 5. The second-order valence-corrected chi connectivity index (χ2v) is 8.57. The maximum atomic E-state index is 13.4. The van der Waals surface area contributed by atoms with E-state index < -0.39 is 0 Å². The summed E-state index contributed by atoms with van der Waals surface area (Å²) in [6, 6.07) is 16.1. The lowest BCUT2D eigenvalue weighted by Gasteiger charge is -2.17. The third kappa shape index (κ3) is 4.04. The summed E-state index contributed by atoms with van der Waals surface area (Å²) in [6.07, 6.45) is 4.48. The zero-order valence-corrected chi connectivity index (χ0v) is 17.2. The van der Waals surface area contributed by atoms with E-state index in [9.17, 15) is 4.79 Å². The Morgan fingerprint density at radius 3 is 2.32 bits per heavy atom.